The van der Waals surface area contributed by atoms with Crippen molar-refractivity contribution in [2.45, 2.75) is 18.3 Å². The van der Waals surface area contributed by atoms with Crippen molar-refractivity contribution in [2.24, 2.45) is 0 Å². The molecule has 1 aliphatic rings. The lowest BCUT2D eigenvalue weighted by molar-refractivity contribution is -0.118. The number of ether oxygens (including phenoxy) is 2. The van der Waals surface area contributed by atoms with Gasteiger partial charge in [0.15, 0.2) is 17.3 Å². The first kappa shape index (κ1) is 18.0. The summed E-state index contributed by atoms with van der Waals surface area (Å²) in [6.45, 7) is 0. The molecule has 0 bridgehead atoms. The predicted molar refractivity (Wildman–Crippen MR) is 101 cm³/mol. The van der Waals surface area contributed by atoms with Crippen LogP contribution in [0.4, 0.5) is 10.1 Å². The Balaban J connectivity index is 1.56. The Labute approximate surface area is 161 Å². The number of methoxy groups -OCH3 is 2. The van der Waals surface area contributed by atoms with E-state index in [0.717, 1.165) is 5.56 Å². The fraction of sp³-hybridized carbons (Fsp3) is 0.238. The maximum Gasteiger partial charge on any atom is 0.236 e. The van der Waals surface area contributed by atoms with Gasteiger partial charge in [-0.15, -0.1) is 0 Å². The normalized spacial score (nSPS) is 14.4. The molecule has 0 saturated heterocycles. The molecule has 0 aliphatic heterocycles. The number of amides is 1. The monoisotopic (exact) mass is 382 g/mol. The Morgan fingerprint density at radius 2 is 1.79 bits per heavy atom. The fourth-order valence-corrected chi connectivity index (χ4v) is 3.13. The predicted octanol–water partition coefficient (Wildman–Crippen LogP) is 4.17. The number of benzene rings is 2. The van der Waals surface area contributed by atoms with Gasteiger partial charge in [0.25, 0.3) is 0 Å². The van der Waals surface area contributed by atoms with E-state index >= 15 is 0 Å². The van der Waals surface area contributed by atoms with E-state index in [1.807, 2.05) is 6.07 Å². The summed E-state index contributed by atoms with van der Waals surface area (Å²) in [6.07, 6.45) is 1.36. The highest BCUT2D eigenvalue weighted by atomic mass is 19.1. The van der Waals surface area contributed by atoms with Gasteiger partial charge in [0, 0.05) is 17.3 Å². The number of carbonyl (C=O) groups is 1. The van der Waals surface area contributed by atoms with E-state index in [4.69, 9.17) is 14.0 Å². The van der Waals surface area contributed by atoms with Gasteiger partial charge in [-0.1, -0.05) is 5.16 Å². The van der Waals surface area contributed by atoms with Crippen LogP contribution in [0.25, 0.3) is 11.3 Å². The summed E-state index contributed by atoms with van der Waals surface area (Å²) in [5, 5.41) is 6.96. The van der Waals surface area contributed by atoms with Crippen LogP contribution in [0.1, 0.15) is 18.5 Å². The third-order valence-electron chi connectivity index (χ3n) is 4.96. The molecule has 0 spiro atoms. The molecular weight excluding hydrogens is 363 g/mol. The average molecular weight is 382 g/mol. The van der Waals surface area contributed by atoms with Crippen LogP contribution in [-0.4, -0.2) is 25.3 Å². The number of nitrogens with zero attached hydrogens (tertiary/aromatic N) is 1. The number of halogens is 1. The van der Waals surface area contributed by atoms with Crippen molar-refractivity contribution in [3.63, 3.8) is 0 Å². The highest BCUT2D eigenvalue weighted by Crippen LogP contribution is 2.49. The number of hydrogen-bond donors (Lipinski definition) is 1. The molecule has 0 atom stereocenters. The summed E-state index contributed by atoms with van der Waals surface area (Å²) < 4.78 is 29.1. The second-order valence-corrected chi connectivity index (χ2v) is 6.69. The van der Waals surface area contributed by atoms with Crippen LogP contribution in [0, 0.1) is 5.82 Å². The number of carbonyl (C=O) groups excluding carboxylic acids is 1. The third kappa shape index (κ3) is 3.19. The lowest BCUT2D eigenvalue weighted by atomic mass is 10.00. The molecule has 1 fully saturated rings. The summed E-state index contributed by atoms with van der Waals surface area (Å²) in [5.41, 5.74) is 1.18. The molecule has 1 aliphatic carbocycles. The van der Waals surface area contributed by atoms with Gasteiger partial charge in [0.05, 0.1) is 25.3 Å². The molecule has 28 heavy (non-hydrogen) atoms. The van der Waals surface area contributed by atoms with E-state index in [-0.39, 0.29) is 11.7 Å². The molecule has 1 saturated carbocycles. The molecule has 3 aromatic rings. The smallest absolute Gasteiger partial charge is 0.236 e. The Kier molecular flexibility index (Phi) is 4.50. The van der Waals surface area contributed by atoms with Crippen molar-refractivity contribution in [3.8, 4) is 22.8 Å². The SMILES string of the molecule is COc1ccc(-c2cc(C3(C(=O)Nc4ccc(F)cc4)CC3)no2)cc1OC. The zero-order chi connectivity index (χ0) is 19.7. The molecular formula is C21H19FN2O4. The summed E-state index contributed by atoms with van der Waals surface area (Å²) in [5.74, 6) is 1.20. The summed E-state index contributed by atoms with van der Waals surface area (Å²) >= 11 is 0. The van der Waals surface area contributed by atoms with E-state index in [1.165, 1.54) is 24.3 Å². The minimum Gasteiger partial charge on any atom is -0.493 e. The van der Waals surface area contributed by atoms with E-state index < -0.39 is 5.41 Å². The Hall–Kier alpha value is -3.35. The number of nitrogens with one attached hydrogen (secondary N) is 1. The van der Waals surface area contributed by atoms with Crippen LogP contribution in [0.2, 0.25) is 0 Å². The van der Waals surface area contributed by atoms with Crippen molar-refractivity contribution in [1.82, 2.24) is 5.16 Å². The van der Waals surface area contributed by atoms with Crippen molar-refractivity contribution >= 4 is 11.6 Å². The first-order valence-electron chi connectivity index (χ1n) is 8.82. The summed E-state index contributed by atoms with van der Waals surface area (Å²) in [4.78, 5) is 12.8. The second-order valence-electron chi connectivity index (χ2n) is 6.69. The third-order valence-corrected chi connectivity index (χ3v) is 4.96. The van der Waals surface area contributed by atoms with Gasteiger partial charge in [-0.05, 0) is 55.3 Å². The largest absolute Gasteiger partial charge is 0.493 e. The van der Waals surface area contributed by atoms with Crippen molar-refractivity contribution < 1.29 is 23.2 Å². The minimum absolute atomic E-state index is 0.175. The highest BCUT2D eigenvalue weighted by molar-refractivity contribution is 6.01. The number of rotatable bonds is 6. The van der Waals surface area contributed by atoms with Gasteiger partial charge in [-0.2, -0.15) is 0 Å². The summed E-state index contributed by atoms with van der Waals surface area (Å²) in [6, 6.07) is 12.9. The molecule has 144 valence electrons. The fourth-order valence-electron chi connectivity index (χ4n) is 3.13. The van der Waals surface area contributed by atoms with Crippen LogP contribution in [0.15, 0.2) is 53.1 Å². The molecule has 6 nitrogen and oxygen atoms in total. The molecule has 2 aromatic carbocycles. The van der Waals surface area contributed by atoms with Gasteiger partial charge in [-0.25, -0.2) is 4.39 Å². The van der Waals surface area contributed by atoms with E-state index in [9.17, 15) is 9.18 Å². The Morgan fingerprint density at radius 3 is 2.43 bits per heavy atom. The van der Waals surface area contributed by atoms with Crippen molar-refractivity contribution in [3.05, 3.63) is 60.0 Å². The number of aromatic nitrogens is 1. The number of hydrogen-bond acceptors (Lipinski definition) is 5. The molecule has 0 radical (unpaired) electrons. The molecule has 1 heterocycles. The standard InChI is InChI=1S/C21H19FN2O4/c1-26-16-8-3-13(11-18(16)27-2)17-12-19(24-28-17)21(9-10-21)20(25)23-15-6-4-14(22)5-7-15/h3-8,11-12H,9-10H2,1-2H3,(H,23,25). The molecule has 4 rings (SSSR count). The maximum absolute atomic E-state index is 13.0. The second kappa shape index (κ2) is 6.99. The van der Waals surface area contributed by atoms with Crippen LogP contribution < -0.4 is 14.8 Å². The van der Waals surface area contributed by atoms with Gasteiger partial charge < -0.3 is 19.3 Å². The van der Waals surface area contributed by atoms with Crippen LogP contribution >= 0.6 is 0 Å². The molecule has 1 N–H and O–H groups in total. The minimum atomic E-state index is -0.716. The molecule has 1 aromatic heterocycles. The van der Waals surface area contributed by atoms with E-state index in [1.54, 1.807) is 32.4 Å². The van der Waals surface area contributed by atoms with Gasteiger partial charge in [-0.3, -0.25) is 4.79 Å². The van der Waals surface area contributed by atoms with Crippen molar-refractivity contribution in [1.29, 1.82) is 0 Å². The van der Waals surface area contributed by atoms with Crippen molar-refractivity contribution in [2.75, 3.05) is 19.5 Å². The quantitative estimate of drug-likeness (QED) is 0.693. The van der Waals surface area contributed by atoms with Gasteiger partial charge in [0.2, 0.25) is 5.91 Å². The Morgan fingerprint density at radius 1 is 1.07 bits per heavy atom. The van der Waals surface area contributed by atoms with Crippen LogP contribution in [0.3, 0.4) is 0 Å². The maximum atomic E-state index is 13.0. The zero-order valence-corrected chi connectivity index (χ0v) is 15.5. The molecule has 1 amide bonds. The number of anilines is 1. The first-order valence-corrected chi connectivity index (χ1v) is 8.82. The lowest BCUT2D eigenvalue weighted by Crippen LogP contribution is -2.28. The topological polar surface area (TPSA) is 73.6 Å². The highest BCUT2D eigenvalue weighted by Gasteiger charge is 2.53. The van der Waals surface area contributed by atoms with Crippen LogP contribution in [0.5, 0.6) is 11.5 Å². The summed E-state index contributed by atoms with van der Waals surface area (Å²) in [7, 11) is 3.13. The molecule has 0 unspecified atom stereocenters. The zero-order valence-electron chi connectivity index (χ0n) is 15.5. The van der Waals surface area contributed by atoms with Gasteiger partial charge in [0.1, 0.15) is 5.82 Å². The van der Waals surface area contributed by atoms with Gasteiger partial charge >= 0.3 is 0 Å². The molecule has 7 heteroatoms. The average Bonchev–Trinajstić information content (AvgIpc) is 3.39. The Bertz CT molecular complexity index is 1010. The van der Waals surface area contributed by atoms with Crippen LogP contribution in [-0.2, 0) is 10.2 Å². The first-order chi connectivity index (χ1) is 13.6. The van der Waals surface area contributed by atoms with E-state index in [0.29, 0.717) is 41.5 Å². The van der Waals surface area contributed by atoms with E-state index in [2.05, 4.69) is 10.5 Å². The lowest BCUT2D eigenvalue weighted by Gasteiger charge is -2.12.